The van der Waals surface area contributed by atoms with Gasteiger partial charge in [-0.2, -0.15) is 0 Å². The molecule has 8 heterocycles. The molecule has 24 heteroatoms. The molecule has 2 amide bonds. The molecule has 4 saturated heterocycles. The van der Waals surface area contributed by atoms with E-state index in [2.05, 4.69) is 69.1 Å². The molecule has 2 N–H and O–H groups in total. The van der Waals surface area contributed by atoms with Gasteiger partial charge in [0, 0.05) is 67.8 Å². The Kier molecular flexibility index (Phi) is 16.9. The number of hydrogen-bond donors (Lipinski definition) is 2. The Hall–Kier alpha value is -9.52. The topological polar surface area (TPSA) is 207 Å². The number of aromatic amines is 2. The van der Waals surface area contributed by atoms with Gasteiger partial charge in [0.15, 0.2) is 44.3 Å². The van der Waals surface area contributed by atoms with Crippen molar-refractivity contribution in [3.8, 4) is 34.3 Å². The van der Waals surface area contributed by atoms with E-state index in [1.165, 1.54) is 0 Å². The minimum absolute atomic E-state index is 0.0307. The smallest absolute Gasteiger partial charge is 0.277 e. The Bertz CT molecular complexity index is 4610. The molecule has 6 aliphatic rings. The monoisotopic (exact) mass is 1300 g/mol. The molecule has 6 fully saturated rings. The van der Waals surface area contributed by atoms with E-state index in [-0.39, 0.29) is 35.0 Å². The molecule has 4 aromatic heterocycles. The number of H-pyrrole nitrogens is 2. The summed E-state index contributed by atoms with van der Waals surface area (Å²) in [7, 11) is 0. The van der Waals surface area contributed by atoms with Crippen molar-refractivity contribution in [3.63, 3.8) is 0 Å². The van der Waals surface area contributed by atoms with Gasteiger partial charge < -0.3 is 39.0 Å². The fraction of sp³-hybridized carbons (Fsp3) is 0.429. The average molecular weight is 1300 g/mol. The van der Waals surface area contributed by atoms with Crippen molar-refractivity contribution >= 4 is 91.6 Å². The molecule has 2 aliphatic carbocycles. The number of nitrogens with one attached hydrogen (secondary N) is 2. The lowest BCUT2D eigenvalue weighted by Crippen LogP contribution is -2.67. The summed E-state index contributed by atoms with van der Waals surface area (Å²) in [5.74, 6) is 3.76. The van der Waals surface area contributed by atoms with Crippen LogP contribution in [0, 0.1) is 40.8 Å². The van der Waals surface area contributed by atoms with E-state index in [1.54, 1.807) is 31.0 Å². The Labute approximate surface area is 556 Å². The first-order valence-electron chi connectivity index (χ1n) is 32.7. The number of ether oxygens (including phenoxy) is 2. The standard InChI is InChI=1S/C36H40N8O3S.C34H36N8O3S/c1-6-9-30-38-23(4)31-33(45)39-32(40-44(30)31)27-21-25(11-13-29(27)47-7-2)41-18-14-24(15-19-41)43-35(48)42(34(46)36(43)16-8-17-36)26-10-12-28(37-5)22(3)20-26;1-6-9-28-36-21(4)29-31(43)37-30(38-42(28)29)25-17-22(11-13-27(25)45-7-2)39-18-24(19-39)41-33(46)40(32(44)34(41)14-8-15-34)23-10-12-26(35-5)20(3)16-23/h10-13,20-21,24H,6-9,14-19H2,1-4H3,(H,39,40,45);10-13,16-17,24H,6-9,14-15,18-19H2,1-4H3,(H,37,38,43). The molecule has 94 heavy (non-hydrogen) atoms. The number of imidazole rings is 2. The normalized spacial score (nSPS) is 17.6. The highest BCUT2D eigenvalue weighted by Gasteiger charge is 2.63. The van der Waals surface area contributed by atoms with Crippen LogP contribution in [0.4, 0.5) is 34.1 Å². The van der Waals surface area contributed by atoms with E-state index in [0.29, 0.717) is 105 Å². The van der Waals surface area contributed by atoms with Gasteiger partial charge >= 0.3 is 0 Å². The lowest BCUT2D eigenvalue weighted by atomic mass is 9.74. The van der Waals surface area contributed by atoms with Crippen molar-refractivity contribution in [1.82, 2.24) is 49.0 Å². The number of amides is 2. The van der Waals surface area contributed by atoms with Gasteiger partial charge in [0.25, 0.3) is 22.9 Å². The maximum atomic E-state index is 14.0. The quantitative estimate of drug-likeness (QED) is 0.0681. The third-order valence-electron chi connectivity index (χ3n) is 19.7. The maximum absolute atomic E-state index is 14.0. The second-order valence-electron chi connectivity index (χ2n) is 25.4. The molecule has 0 radical (unpaired) electrons. The summed E-state index contributed by atoms with van der Waals surface area (Å²) in [5.41, 5.74) is 8.26. The van der Waals surface area contributed by atoms with E-state index in [9.17, 15) is 19.2 Å². The number of carbonyl (C=O) groups excluding carboxylic acids is 2. The summed E-state index contributed by atoms with van der Waals surface area (Å²) in [6.45, 7) is 34.2. The van der Waals surface area contributed by atoms with E-state index < -0.39 is 11.1 Å². The van der Waals surface area contributed by atoms with Crippen LogP contribution in [-0.4, -0.2) is 134 Å². The van der Waals surface area contributed by atoms with E-state index in [1.807, 2.05) is 96.1 Å². The predicted molar refractivity (Wildman–Crippen MR) is 371 cm³/mol. The summed E-state index contributed by atoms with van der Waals surface area (Å²) in [6, 6.07) is 23.2. The van der Waals surface area contributed by atoms with E-state index in [0.717, 1.165) is 135 Å². The van der Waals surface area contributed by atoms with Crippen LogP contribution in [0.25, 0.3) is 43.5 Å². The van der Waals surface area contributed by atoms with Gasteiger partial charge in [-0.25, -0.2) is 28.7 Å². The first-order chi connectivity index (χ1) is 45.4. The van der Waals surface area contributed by atoms with Gasteiger partial charge in [0.2, 0.25) is 0 Å². The Morgan fingerprint density at radius 2 is 0.979 bits per heavy atom. The van der Waals surface area contributed by atoms with Crippen molar-refractivity contribution in [2.45, 2.75) is 156 Å². The van der Waals surface area contributed by atoms with Gasteiger partial charge in [0.1, 0.15) is 34.2 Å². The number of rotatable bonds is 16. The highest BCUT2D eigenvalue weighted by Crippen LogP contribution is 2.51. The van der Waals surface area contributed by atoms with Gasteiger partial charge in [-0.05, 0) is 202 Å². The molecule has 8 aromatic rings. The SMILES string of the molecule is [C-]#[N+]c1ccc(N2C(=O)C3(CCC3)N(C3CCN(c4ccc(OCC)c(-c5nn6c(CCC)nc(C)c6c(=O)[nH]5)c4)CC3)C2=S)cc1C.[C-]#[N+]c1ccc(N2C(=O)C3(CCC3)N(C3CN(c4ccc(OCC)c(-c5nn6c(CCC)nc(C)c6c(=O)[nH]5)c4)C3)C2=S)cc1C. The summed E-state index contributed by atoms with van der Waals surface area (Å²) >= 11 is 12.1. The Balaban J connectivity index is 0.000000171. The number of thiocarbonyl (C=S) groups is 2. The fourth-order valence-electron chi connectivity index (χ4n) is 14.6. The minimum atomic E-state index is -0.609. The van der Waals surface area contributed by atoms with E-state index in [4.69, 9.17) is 57.3 Å². The highest BCUT2D eigenvalue weighted by atomic mass is 32.1. The summed E-state index contributed by atoms with van der Waals surface area (Å²) in [4.78, 5) is 89.2. The molecule has 14 rings (SSSR count). The third-order valence-corrected chi connectivity index (χ3v) is 20.4. The summed E-state index contributed by atoms with van der Waals surface area (Å²) in [6.07, 6.45) is 10.0. The second kappa shape index (κ2) is 25.1. The van der Waals surface area contributed by atoms with Crippen LogP contribution in [0.2, 0.25) is 0 Å². The molecule has 4 aromatic carbocycles. The van der Waals surface area contributed by atoms with Crippen LogP contribution in [0.3, 0.4) is 0 Å². The molecule has 4 aliphatic heterocycles. The fourth-order valence-corrected chi connectivity index (χ4v) is 15.7. The number of benzene rings is 4. The first kappa shape index (κ1) is 63.2. The molecule has 0 bridgehead atoms. The molecule has 0 unspecified atom stereocenters. The minimum Gasteiger partial charge on any atom is -0.493 e. The number of fused-ring (bicyclic) bond motifs is 2. The molecular weight excluding hydrogens is 1230 g/mol. The Morgan fingerprint density at radius 3 is 1.36 bits per heavy atom. The van der Waals surface area contributed by atoms with Crippen LogP contribution in [0.1, 0.15) is 126 Å². The second-order valence-corrected chi connectivity index (χ2v) is 26.1. The van der Waals surface area contributed by atoms with Gasteiger partial charge in [-0.3, -0.25) is 29.0 Å². The molecule has 2 saturated carbocycles. The number of aromatic nitrogens is 8. The van der Waals surface area contributed by atoms with Crippen LogP contribution < -0.4 is 40.2 Å². The van der Waals surface area contributed by atoms with Crippen molar-refractivity contribution < 1.29 is 19.1 Å². The third kappa shape index (κ3) is 10.5. The molecule has 0 atom stereocenters. The maximum Gasteiger partial charge on any atom is 0.277 e. The summed E-state index contributed by atoms with van der Waals surface area (Å²) < 4.78 is 15.3. The van der Waals surface area contributed by atoms with Crippen LogP contribution in [-0.2, 0) is 22.4 Å². The van der Waals surface area contributed by atoms with Gasteiger partial charge in [-0.1, -0.05) is 26.0 Å². The number of anilines is 4. The zero-order valence-corrected chi connectivity index (χ0v) is 56.0. The molecule has 2 spiro atoms. The number of piperidine rings is 1. The van der Waals surface area contributed by atoms with Crippen molar-refractivity contribution in [3.05, 3.63) is 151 Å². The molecule has 22 nitrogen and oxygen atoms in total. The lowest BCUT2D eigenvalue weighted by molar-refractivity contribution is -0.131. The summed E-state index contributed by atoms with van der Waals surface area (Å²) in [5, 5.41) is 10.8. The van der Waals surface area contributed by atoms with E-state index >= 15 is 0 Å². The van der Waals surface area contributed by atoms with Crippen LogP contribution in [0.5, 0.6) is 11.5 Å². The lowest BCUT2D eigenvalue weighted by Gasteiger charge is -2.53. The average Bonchev–Trinajstić information content (AvgIpc) is 1.55. The number of hydrogen-bond acceptors (Lipinski definition) is 14. The van der Waals surface area contributed by atoms with Crippen LogP contribution in [0.15, 0.2) is 82.4 Å². The van der Waals surface area contributed by atoms with Gasteiger partial charge in [0.05, 0.1) is 54.9 Å². The van der Waals surface area contributed by atoms with Crippen molar-refractivity contribution in [2.75, 3.05) is 59.0 Å². The predicted octanol–water partition coefficient (Wildman–Crippen LogP) is 11.5. The Morgan fingerprint density at radius 1 is 0.564 bits per heavy atom. The number of aryl methyl sites for hydroxylation is 6. The number of carbonyl (C=O) groups is 2. The van der Waals surface area contributed by atoms with Crippen molar-refractivity contribution in [2.24, 2.45) is 0 Å². The first-order valence-corrected chi connectivity index (χ1v) is 33.6. The molecular formula is C70H76N16O6S2. The molecule has 484 valence electrons. The van der Waals surface area contributed by atoms with Crippen LogP contribution >= 0.6 is 24.4 Å². The van der Waals surface area contributed by atoms with Crippen molar-refractivity contribution in [1.29, 1.82) is 0 Å². The largest absolute Gasteiger partial charge is 0.493 e. The number of nitrogens with zero attached hydrogens (tertiary/aromatic N) is 14. The zero-order valence-electron chi connectivity index (χ0n) is 54.3. The highest BCUT2D eigenvalue weighted by molar-refractivity contribution is 7.80. The zero-order chi connectivity index (χ0) is 66.1. The van der Waals surface area contributed by atoms with Gasteiger partial charge in [-0.15, -0.1) is 10.2 Å².